The molecule has 2 aromatic carbocycles. The number of nitrogens with one attached hydrogen (secondary N) is 1. The first-order chi connectivity index (χ1) is 11.0. The van der Waals surface area contributed by atoms with Gasteiger partial charge in [-0.25, -0.2) is 0 Å². The van der Waals surface area contributed by atoms with Crippen molar-refractivity contribution in [1.82, 2.24) is 0 Å². The molecule has 0 aliphatic carbocycles. The molecule has 118 valence electrons. The molecule has 1 N–H and O–H groups in total. The summed E-state index contributed by atoms with van der Waals surface area (Å²) in [5.74, 6) is 0.0634. The summed E-state index contributed by atoms with van der Waals surface area (Å²) < 4.78 is 1.70. The Labute approximate surface area is 154 Å². The zero-order valence-electron chi connectivity index (χ0n) is 11.9. The van der Waals surface area contributed by atoms with E-state index in [2.05, 4.69) is 37.2 Å². The van der Waals surface area contributed by atoms with Crippen molar-refractivity contribution in [2.45, 2.75) is 4.90 Å². The van der Waals surface area contributed by atoms with E-state index in [1.165, 1.54) is 16.7 Å². The van der Waals surface area contributed by atoms with E-state index >= 15 is 0 Å². The normalized spacial score (nSPS) is 13.7. The maximum atomic E-state index is 12.3. The fraction of sp³-hybridized carbons (Fsp3) is 0.125. The minimum Gasteiger partial charge on any atom is -0.324 e. The van der Waals surface area contributed by atoms with Gasteiger partial charge in [-0.3, -0.25) is 9.59 Å². The van der Waals surface area contributed by atoms with E-state index in [0.29, 0.717) is 11.4 Å². The first kappa shape index (κ1) is 16.5. The van der Waals surface area contributed by atoms with Crippen LogP contribution in [0.2, 0.25) is 0 Å². The van der Waals surface area contributed by atoms with Gasteiger partial charge < -0.3 is 10.2 Å². The van der Waals surface area contributed by atoms with Crippen molar-refractivity contribution in [3.63, 3.8) is 0 Å². The summed E-state index contributed by atoms with van der Waals surface area (Å²) in [6.45, 7) is -0.00108. The predicted molar refractivity (Wildman–Crippen MR) is 100.0 cm³/mol. The zero-order chi connectivity index (χ0) is 16.4. The molecule has 0 fully saturated rings. The number of hydrogen-bond donors (Lipinski definition) is 1. The molecule has 1 aliphatic rings. The molecule has 1 heterocycles. The van der Waals surface area contributed by atoms with E-state index in [4.69, 9.17) is 0 Å². The fourth-order valence-electron chi connectivity index (χ4n) is 2.25. The van der Waals surface area contributed by atoms with Crippen LogP contribution in [-0.4, -0.2) is 24.1 Å². The maximum absolute atomic E-state index is 12.3. The Morgan fingerprint density at radius 3 is 2.78 bits per heavy atom. The van der Waals surface area contributed by atoms with Crippen molar-refractivity contribution in [3.05, 3.63) is 51.4 Å². The number of thioether (sulfide) groups is 1. The number of hydrogen-bond acceptors (Lipinski definition) is 3. The highest BCUT2D eigenvalue weighted by molar-refractivity contribution is 9.11. The van der Waals surface area contributed by atoms with E-state index in [-0.39, 0.29) is 18.4 Å². The third kappa shape index (κ3) is 3.79. The lowest BCUT2D eigenvalue weighted by molar-refractivity contribution is -0.120. The van der Waals surface area contributed by atoms with Crippen LogP contribution in [0.15, 0.2) is 56.3 Å². The summed E-state index contributed by atoms with van der Waals surface area (Å²) in [5, 5.41) is 2.83. The lowest BCUT2D eigenvalue weighted by Crippen LogP contribution is -2.41. The molecule has 0 aromatic heterocycles. The number of benzene rings is 2. The monoisotopic (exact) mass is 454 g/mol. The Kier molecular flexibility index (Phi) is 5.08. The molecule has 23 heavy (non-hydrogen) atoms. The van der Waals surface area contributed by atoms with E-state index < -0.39 is 0 Å². The third-order valence-electron chi connectivity index (χ3n) is 3.32. The second-order valence-corrected chi connectivity index (χ2v) is 7.70. The van der Waals surface area contributed by atoms with Gasteiger partial charge >= 0.3 is 0 Å². The molecule has 0 saturated heterocycles. The second-order valence-electron chi connectivity index (χ2n) is 4.91. The largest absolute Gasteiger partial charge is 0.324 e. The molecular formula is C16H12Br2N2O2S. The van der Waals surface area contributed by atoms with Crippen molar-refractivity contribution in [3.8, 4) is 0 Å². The number of nitrogens with zero attached hydrogens (tertiary/aromatic N) is 1. The highest BCUT2D eigenvalue weighted by Crippen LogP contribution is 2.34. The van der Waals surface area contributed by atoms with E-state index in [1.54, 1.807) is 6.07 Å². The zero-order valence-corrected chi connectivity index (χ0v) is 15.9. The van der Waals surface area contributed by atoms with Gasteiger partial charge in [0.05, 0.1) is 17.1 Å². The predicted octanol–water partition coefficient (Wildman–Crippen LogP) is 4.29. The average Bonchev–Trinajstić information content (AvgIpc) is 2.53. The van der Waals surface area contributed by atoms with Crippen LogP contribution in [0.5, 0.6) is 0 Å². The molecule has 0 saturated carbocycles. The van der Waals surface area contributed by atoms with Gasteiger partial charge in [0.2, 0.25) is 11.8 Å². The van der Waals surface area contributed by atoms with Crippen molar-refractivity contribution in [1.29, 1.82) is 0 Å². The topological polar surface area (TPSA) is 49.4 Å². The molecule has 0 radical (unpaired) electrons. The summed E-state index contributed by atoms with van der Waals surface area (Å²) in [4.78, 5) is 27.0. The van der Waals surface area contributed by atoms with Gasteiger partial charge in [-0.15, -0.1) is 11.8 Å². The van der Waals surface area contributed by atoms with Crippen LogP contribution >= 0.6 is 43.6 Å². The summed E-state index contributed by atoms with van der Waals surface area (Å²) in [6, 6.07) is 13.1. The minimum absolute atomic E-state index is 0.00108. The Morgan fingerprint density at radius 2 is 2.00 bits per heavy atom. The Hall–Kier alpha value is -1.31. The molecule has 0 atom stereocenters. The highest BCUT2D eigenvalue weighted by atomic mass is 79.9. The summed E-state index contributed by atoms with van der Waals surface area (Å²) in [6.07, 6.45) is 0. The van der Waals surface area contributed by atoms with Crippen molar-refractivity contribution >= 4 is 66.8 Å². The quantitative estimate of drug-likeness (QED) is 0.750. The molecule has 0 bridgehead atoms. The van der Waals surface area contributed by atoms with Crippen molar-refractivity contribution in [2.75, 3.05) is 22.5 Å². The van der Waals surface area contributed by atoms with Crippen molar-refractivity contribution in [2.24, 2.45) is 0 Å². The van der Waals surface area contributed by atoms with Crippen LogP contribution < -0.4 is 10.2 Å². The van der Waals surface area contributed by atoms with E-state index in [1.807, 2.05) is 36.4 Å². The molecule has 4 nitrogen and oxygen atoms in total. The molecule has 3 rings (SSSR count). The Morgan fingerprint density at radius 1 is 1.22 bits per heavy atom. The van der Waals surface area contributed by atoms with E-state index in [9.17, 15) is 9.59 Å². The molecule has 0 spiro atoms. The number of halogens is 2. The number of fused-ring (bicyclic) bond motifs is 1. The maximum Gasteiger partial charge on any atom is 0.244 e. The molecule has 7 heteroatoms. The van der Waals surface area contributed by atoms with Crippen LogP contribution in [0.3, 0.4) is 0 Å². The van der Waals surface area contributed by atoms with Gasteiger partial charge in [0.15, 0.2) is 0 Å². The molecular weight excluding hydrogens is 444 g/mol. The molecule has 1 aliphatic heterocycles. The molecule has 0 unspecified atom stereocenters. The van der Waals surface area contributed by atoms with Gasteiger partial charge in [0, 0.05) is 13.8 Å². The van der Waals surface area contributed by atoms with Gasteiger partial charge in [-0.05, 0) is 46.3 Å². The molecule has 2 amide bonds. The number of amides is 2. The third-order valence-corrected chi connectivity index (χ3v) is 5.51. The Bertz CT molecular complexity index is 782. The van der Waals surface area contributed by atoms with Crippen LogP contribution in [0, 0.1) is 0 Å². The molecule has 2 aromatic rings. The Balaban J connectivity index is 1.76. The van der Waals surface area contributed by atoms with Gasteiger partial charge in [-0.2, -0.15) is 0 Å². The van der Waals surface area contributed by atoms with Gasteiger partial charge in [-0.1, -0.05) is 28.1 Å². The fourth-order valence-corrected chi connectivity index (χ4v) is 4.33. The lowest BCUT2D eigenvalue weighted by Gasteiger charge is -2.28. The number of carbonyl (C=O) groups excluding carboxylic acids is 2. The van der Waals surface area contributed by atoms with Crippen LogP contribution in [0.4, 0.5) is 11.4 Å². The lowest BCUT2D eigenvalue weighted by atomic mass is 10.2. The highest BCUT2D eigenvalue weighted by Gasteiger charge is 2.26. The number of rotatable bonds is 3. The van der Waals surface area contributed by atoms with Crippen LogP contribution in [0.1, 0.15) is 0 Å². The van der Waals surface area contributed by atoms with Crippen LogP contribution in [0.25, 0.3) is 0 Å². The average molecular weight is 456 g/mol. The first-order valence-electron chi connectivity index (χ1n) is 6.81. The van der Waals surface area contributed by atoms with Gasteiger partial charge in [0.25, 0.3) is 0 Å². The smallest absolute Gasteiger partial charge is 0.244 e. The number of para-hydroxylation sites is 1. The van der Waals surface area contributed by atoms with Crippen LogP contribution in [-0.2, 0) is 9.59 Å². The first-order valence-corrected chi connectivity index (χ1v) is 9.39. The second kappa shape index (κ2) is 7.07. The summed E-state index contributed by atoms with van der Waals surface area (Å²) in [7, 11) is 0. The number of anilines is 2. The van der Waals surface area contributed by atoms with Gasteiger partial charge in [0.1, 0.15) is 6.54 Å². The van der Waals surface area contributed by atoms with Crippen molar-refractivity contribution < 1.29 is 9.59 Å². The summed E-state index contributed by atoms with van der Waals surface area (Å²) >= 11 is 8.28. The number of carbonyl (C=O) groups is 2. The van der Waals surface area contributed by atoms with E-state index in [0.717, 1.165) is 19.5 Å². The minimum atomic E-state index is -0.233. The standard InChI is InChI=1S/C16H12Br2N2O2S/c17-10-5-6-12(11(18)7-10)19-15(21)8-20-13-3-1-2-4-14(13)23-9-16(20)22/h1-7H,8-9H2,(H,19,21). The summed E-state index contributed by atoms with van der Waals surface area (Å²) in [5.41, 5.74) is 1.46. The SMILES string of the molecule is O=C(CN1C(=O)CSc2ccccc21)Nc1ccc(Br)cc1Br.